The third-order valence-electron chi connectivity index (χ3n) is 2.88. The van der Waals surface area contributed by atoms with Crippen LogP contribution >= 0.6 is 11.3 Å². The third-order valence-corrected chi connectivity index (χ3v) is 3.85. The van der Waals surface area contributed by atoms with Gasteiger partial charge in [-0.05, 0) is 18.6 Å². The molecule has 0 saturated carbocycles. The van der Waals surface area contributed by atoms with Crippen LogP contribution in [-0.4, -0.2) is 15.1 Å². The number of nitrogen functional groups attached to an aromatic ring is 1. The first kappa shape index (κ1) is 12.8. The number of thiazole rings is 1. The summed E-state index contributed by atoms with van der Waals surface area (Å²) >= 11 is 1.61. The smallest absolute Gasteiger partial charge is 0.231 e. The van der Waals surface area contributed by atoms with Gasteiger partial charge < -0.3 is 10.3 Å². The van der Waals surface area contributed by atoms with Crippen LogP contribution in [0.3, 0.4) is 0 Å². The quantitative estimate of drug-likeness (QED) is 0.746. The lowest BCUT2D eigenvalue weighted by molar-refractivity contribution is 0.380. The van der Waals surface area contributed by atoms with Crippen LogP contribution in [-0.2, 0) is 12.8 Å². The van der Waals surface area contributed by atoms with Gasteiger partial charge in [-0.2, -0.15) is 4.98 Å². The molecule has 5 nitrogen and oxygen atoms in total. The first-order chi connectivity index (χ1) is 9.70. The number of aromatic nitrogens is 3. The Balaban J connectivity index is 1.72. The highest BCUT2D eigenvalue weighted by molar-refractivity contribution is 7.09. The standard InChI is InChI=1S/C14H14N4OS/c1-9-8-20-14(16-9)7-12-17-13(19-18-12)6-10-4-2-3-5-11(10)15/h2-5,8H,6-7,15H2,1H3. The lowest BCUT2D eigenvalue weighted by atomic mass is 10.1. The fourth-order valence-electron chi connectivity index (χ4n) is 1.91. The number of nitrogens with two attached hydrogens (primary N) is 1. The van der Waals surface area contributed by atoms with Crippen LogP contribution in [0, 0.1) is 6.92 Å². The molecule has 0 bridgehead atoms. The molecule has 2 heterocycles. The number of para-hydroxylation sites is 1. The molecule has 2 N–H and O–H groups in total. The van der Waals surface area contributed by atoms with E-state index < -0.39 is 0 Å². The van der Waals surface area contributed by atoms with E-state index in [4.69, 9.17) is 10.3 Å². The van der Waals surface area contributed by atoms with Crippen LogP contribution in [0.4, 0.5) is 5.69 Å². The van der Waals surface area contributed by atoms with Gasteiger partial charge in [-0.1, -0.05) is 23.4 Å². The van der Waals surface area contributed by atoms with Crippen molar-refractivity contribution in [1.82, 2.24) is 15.1 Å². The Morgan fingerprint density at radius 3 is 2.80 bits per heavy atom. The second-order valence-corrected chi connectivity index (χ2v) is 5.48. The average molecular weight is 286 g/mol. The molecule has 0 saturated heterocycles. The molecule has 3 aromatic rings. The summed E-state index contributed by atoms with van der Waals surface area (Å²) in [6, 6.07) is 7.68. The number of aryl methyl sites for hydroxylation is 1. The van der Waals surface area contributed by atoms with Crippen LogP contribution in [0.1, 0.15) is 28.0 Å². The summed E-state index contributed by atoms with van der Waals surface area (Å²) in [5.74, 6) is 1.23. The molecule has 0 aliphatic heterocycles. The summed E-state index contributed by atoms with van der Waals surface area (Å²) in [7, 11) is 0. The zero-order valence-corrected chi connectivity index (χ0v) is 11.9. The van der Waals surface area contributed by atoms with Gasteiger partial charge in [0, 0.05) is 16.8 Å². The first-order valence-corrected chi connectivity index (χ1v) is 7.14. The molecule has 0 atom stereocenters. The van der Waals surface area contributed by atoms with Crippen molar-refractivity contribution in [3.05, 3.63) is 57.6 Å². The lowest BCUT2D eigenvalue weighted by Gasteiger charge is -2.00. The Labute approximate surface area is 120 Å². The zero-order chi connectivity index (χ0) is 13.9. The van der Waals surface area contributed by atoms with Crippen molar-refractivity contribution in [2.75, 3.05) is 5.73 Å². The van der Waals surface area contributed by atoms with E-state index in [1.165, 1.54) is 0 Å². The summed E-state index contributed by atoms with van der Waals surface area (Å²) in [6.07, 6.45) is 1.16. The number of nitrogens with zero attached hydrogens (tertiary/aromatic N) is 3. The van der Waals surface area contributed by atoms with Crippen LogP contribution in [0.5, 0.6) is 0 Å². The summed E-state index contributed by atoms with van der Waals surface area (Å²) in [4.78, 5) is 8.77. The fourth-order valence-corrected chi connectivity index (χ4v) is 2.68. The molecular formula is C14H14N4OS. The monoisotopic (exact) mass is 286 g/mol. The summed E-state index contributed by atoms with van der Waals surface area (Å²) in [5.41, 5.74) is 8.65. The molecule has 6 heteroatoms. The molecule has 102 valence electrons. The molecule has 0 aliphatic carbocycles. The highest BCUT2D eigenvalue weighted by atomic mass is 32.1. The maximum Gasteiger partial charge on any atom is 0.231 e. The van der Waals surface area contributed by atoms with Gasteiger partial charge in [0.2, 0.25) is 5.89 Å². The van der Waals surface area contributed by atoms with Crippen molar-refractivity contribution in [2.45, 2.75) is 19.8 Å². The van der Waals surface area contributed by atoms with E-state index in [0.29, 0.717) is 24.6 Å². The largest absolute Gasteiger partial charge is 0.398 e. The number of hydrogen-bond acceptors (Lipinski definition) is 6. The van der Waals surface area contributed by atoms with Gasteiger partial charge in [-0.15, -0.1) is 11.3 Å². The maximum absolute atomic E-state index is 5.90. The Bertz CT molecular complexity index is 719. The Morgan fingerprint density at radius 1 is 1.20 bits per heavy atom. The molecule has 20 heavy (non-hydrogen) atoms. The van der Waals surface area contributed by atoms with E-state index in [1.807, 2.05) is 36.6 Å². The highest BCUT2D eigenvalue weighted by Crippen LogP contribution is 2.16. The van der Waals surface area contributed by atoms with Crippen molar-refractivity contribution in [2.24, 2.45) is 0 Å². The molecule has 0 aliphatic rings. The van der Waals surface area contributed by atoms with E-state index in [1.54, 1.807) is 11.3 Å². The predicted molar refractivity (Wildman–Crippen MR) is 77.6 cm³/mol. The predicted octanol–water partition coefficient (Wildman–Crippen LogP) is 2.60. The Hall–Kier alpha value is -2.21. The molecule has 2 aromatic heterocycles. The Kier molecular flexibility index (Phi) is 3.47. The van der Waals surface area contributed by atoms with Crippen molar-refractivity contribution in [1.29, 1.82) is 0 Å². The van der Waals surface area contributed by atoms with Crippen molar-refractivity contribution in [3.8, 4) is 0 Å². The minimum Gasteiger partial charge on any atom is -0.398 e. The van der Waals surface area contributed by atoms with Gasteiger partial charge in [0.25, 0.3) is 0 Å². The molecule has 0 fully saturated rings. The van der Waals surface area contributed by atoms with Crippen molar-refractivity contribution < 1.29 is 4.52 Å². The number of anilines is 1. The van der Waals surface area contributed by atoms with E-state index >= 15 is 0 Å². The average Bonchev–Trinajstić information content (AvgIpc) is 3.02. The van der Waals surface area contributed by atoms with E-state index in [9.17, 15) is 0 Å². The van der Waals surface area contributed by atoms with Crippen LogP contribution in [0.25, 0.3) is 0 Å². The van der Waals surface area contributed by atoms with Gasteiger partial charge in [-0.3, -0.25) is 0 Å². The number of hydrogen-bond donors (Lipinski definition) is 1. The molecule has 0 radical (unpaired) electrons. The van der Waals surface area contributed by atoms with E-state index in [0.717, 1.165) is 22.0 Å². The van der Waals surface area contributed by atoms with E-state index in [-0.39, 0.29) is 0 Å². The maximum atomic E-state index is 5.90. The zero-order valence-electron chi connectivity index (χ0n) is 11.0. The SMILES string of the molecule is Cc1csc(Cc2noc(Cc3ccccc3N)n2)n1. The van der Waals surface area contributed by atoms with Crippen LogP contribution < -0.4 is 5.73 Å². The van der Waals surface area contributed by atoms with Crippen molar-refractivity contribution >= 4 is 17.0 Å². The number of benzene rings is 1. The molecule has 1 aromatic carbocycles. The molecule has 0 unspecified atom stereocenters. The summed E-state index contributed by atoms with van der Waals surface area (Å²) < 4.78 is 5.26. The minimum atomic E-state index is 0.552. The normalized spacial score (nSPS) is 10.8. The fraction of sp³-hybridized carbons (Fsp3) is 0.214. The first-order valence-electron chi connectivity index (χ1n) is 6.26. The lowest BCUT2D eigenvalue weighted by Crippen LogP contribution is -1.96. The molecule has 0 amide bonds. The van der Waals surface area contributed by atoms with Gasteiger partial charge in [0.1, 0.15) is 5.01 Å². The van der Waals surface area contributed by atoms with E-state index in [2.05, 4.69) is 15.1 Å². The second kappa shape index (κ2) is 5.42. The molecule has 0 spiro atoms. The van der Waals surface area contributed by atoms with Gasteiger partial charge in [-0.25, -0.2) is 4.98 Å². The topological polar surface area (TPSA) is 77.8 Å². The number of rotatable bonds is 4. The minimum absolute atomic E-state index is 0.552. The van der Waals surface area contributed by atoms with Gasteiger partial charge >= 0.3 is 0 Å². The summed E-state index contributed by atoms with van der Waals surface area (Å²) in [5, 5.41) is 7.00. The highest BCUT2D eigenvalue weighted by Gasteiger charge is 2.10. The van der Waals surface area contributed by atoms with Crippen LogP contribution in [0.15, 0.2) is 34.2 Å². The summed E-state index contributed by atoms with van der Waals surface area (Å²) in [6.45, 7) is 1.97. The van der Waals surface area contributed by atoms with Gasteiger partial charge in [0.15, 0.2) is 5.82 Å². The second-order valence-electron chi connectivity index (χ2n) is 4.54. The van der Waals surface area contributed by atoms with Crippen molar-refractivity contribution in [3.63, 3.8) is 0 Å². The van der Waals surface area contributed by atoms with Crippen LogP contribution in [0.2, 0.25) is 0 Å². The Morgan fingerprint density at radius 2 is 2.05 bits per heavy atom. The molecule has 3 rings (SSSR count). The third kappa shape index (κ3) is 2.85. The van der Waals surface area contributed by atoms with Gasteiger partial charge in [0.05, 0.1) is 12.8 Å². The molecular weight excluding hydrogens is 272 g/mol.